The number of aryl methyl sites for hydroxylation is 2. The fourth-order valence-corrected chi connectivity index (χ4v) is 3.92. The van der Waals surface area contributed by atoms with E-state index in [1.54, 1.807) is 0 Å². The third-order valence-electron chi connectivity index (χ3n) is 5.35. The molecule has 26 heavy (non-hydrogen) atoms. The quantitative estimate of drug-likeness (QED) is 0.784. The molecule has 1 N–H and O–H groups in total. The molecular weight excluding hydrogens is 324 g/mol. The van der Waals surface area contributed by atoms with Crippen LogP contribution in [0.1, 0.15) is 40.4 Å². The third kappa shape index (κ3) is 3.05. The van der Waals surface area contributed by atoms with Gasteiger partial charge in [-0.1, -0.05) is 24.3 Å². The summed E-state index contributed by atoms with van der Waals surface area (Å²) in [5, 5.41) is 7.26. The molecule has 5 heteroatoms. The van der Waals surface area contributed by atoms with Crippen molar-refractivity contribution in [1.29, 1.82) is 0 Å². The van der Waals surface area contributed by atoms with Gasteiger partial charge in [0.2, 0.25) is 0 Å². The average molecular weight is 348 g/mol. The Bertz CT molecular complexity index is 924. The summed E-state index contributed by atoms with van der Waals surface area (Å²) >= 11 is 0. The number of nitrogens with one attached hydrogen (secondary N) is 1. The molecule has 1 fully saturated rings. The number of amides is 1. The van der Waals surface area contributed by atoms with Crippen molar-refractivity contribution in [2.24, 2.45) is 7.05 Å². The summed E-state index contributed by atoms with van der Waals surface area (Å²) in [5.41, 5.74) is 5.02. The third-order valence-corrected chi connectivity index (χ3v) is 5.35. The van der Waals surface area contributed by atoms with Crippen LogP contribution in [-0.2, 0) is 7.05 Å². The molecule has 2 aromatic heterocycles. The largest absolute Gasteiger partial charge is 0.349 e. The molecule has 1 aromatic carbocycles. The van der Waals surface area contributed by atoms with Crippen molar-refractivity contribution in [3.8, 4) is 11.4 Å². The van der Waals surface area contributed by atoms with E-state index in [1.165, 1.54) is 11.1 Å². The van der Waals surface area contributed by atoms with Crippen LogP contribution in [0.25, 0.3) is 11.4 Å². The summed E-state index contributed by atoms with van der Waals surface area (Å²) in [5.74, 6) is 0.445. The van der Waals surface area contributed by atoms with Crippen LogP contribution >= 0.6 is 0 Å². The van der Waals surface area contributed by atoms with Crippen LogP contribution in [0, 0.1) is 6.92 Å². The Kier molecular flexibility index (Phi) is 4.37. The van der Waals surface area contributed by atoms with Crippen molar-refractivity contribution >= 4 is 5.91 Å². The predicted octanol–water partition coefficient (Wildman–Crippen LogP) is 3.74. The van der Waals surface area contributed by atoms with Crippen molar-refractivity contribution in [1.82, 2.24) is 19.7 Å². The number of nitrogens with zero attached hydrogens (tertiary/aromatic N) is 3. The van der Waals surface area contributed by atoms with E-state index in [4.69, 9.17) is 0 Å². The lowest BCUT2D eigenvalue weighted by Crippen LogP contribution is -2.39. The average Bonchev–Trinajstić information content (AvgIpc) is 3.30. The second-order valence-electron chi connectivity index (χ2n) is 7.12. The van der Waals surface area contributed by atoms with Gasteiger partial charge in [-0.25, -0.2) is 0 Å². The van der Waals surface area contributed by atoms with Gasteiger partial charge in [-0.05, 0) is 49.1 Å². The van der Waals surface area contributed by atoms with E-state index >= 15 is 0 Å². The number of hydrogen-bond donors (Lipinski definition) is 1. The van der Waals surface area contributed by atoms with Gasteiger partial charge in [-0.3, -0.25) is 9.89 Å². The first-order valence-corrected chi connectivity index (χ1v) is 9.15. The number of aromatic nitrogens is 3. The Hall–Kier alpha value is -2.82. The first-order valence-electron chi connectivity index (χ1n) is 9.15. The molecule has 3 heterocycles. The Morgan fingerprint density at radius 2 is 2.08 bits per heavy atom. The van der Waals surface area contributed by atoms with Gasteiger partial charge in [0, 0.05) is 32.3 Å². The predicted molar refractivity (Wildman–Crippen MR) is 102 cm³/mol. The molecule has 0 spiro atoms. The van der Waals surface area contributed by atoms with Crippen molar-refractivity contribution in [2.75, 3.05) is 13.1 Å². The van der Waals surface area contributed by atoms with Crippen LogP contribution in [0.3, 0.4) is 0 Å². The molecule has 0 radical (unpaired) electrons. The zero-order chi connectivity index (χ0) is 18.1. The molecular formula is C21H24N4O. The molecule has 0 bridgehead atoms. The lowest BCUT2D eigenvalue weighted by molar-refractivity contribution is 0.0701. The highest BCUT2D eigenvalue weighted by molar-refractivity contribution is 5.93. The van der Waals surface area contributed by atoms with Crippen LogP contribution in [0.15, 0.2) is 48.7 Å². The number of aromatic amines is 1. The zero-order valence-corrected chi connectivity index (χ0v) is 15.3. The van der Waals surface area contributed by atoms with Crippen molar-refractivity contribution in [2.45, 2.75) is 25.7 Å². The summed E-state index contributed by atoms with van der Waals surface area (Å²) in [6, 6.07) is 14.3. The molecule has 4 rings (SSSR count). The van der Waals surface area contributed by atoms with Gasteiger partial charge in [-0.15, -0.1) is 0 Å². The van der Waals surface area contributed by atoms with E-state index in [1.807, 2.05) is 40.9 Å². The Labute approximate surface area is 153 Å². The Balaban J connectivity index is 1.52. The molecule has 5 nitrogen and oxygen atoms in total. The first kappa shape index (κ1) is 16.6. The fraction of sp³-hybridized carbons (Fsp3) is 0.333. The topological polar surface area (TPSA) is 53.9 Å². The molecule has 0 saturated carbocycles. The van der Waals surface area contributed by atoms with Gasteiger partial charge < -0.3 is 9.47 Å². The van der Waals surface area contributed by atoms with E-state index in [9.17, 15) is 4.79 Å². The second-order valence-corrected chi connectivity index (χ2v) is 7.12. The molecule has 1 saturated heterocycles. The minimum absolute atomic E-state index is 0.0382. The molecule has 0 aliphatic carbocycles. The molecule has 1 aliphatic heterocycles. The maximum atomic E-state index is 13.0. The van der Waals surface area contributed by atoms with Gasteiger partial charge in [0.1, 0.15) is 11.4 Å². The molecule has 1 atom stereocenters. The number of carbonyl (C=O) groups is 1. The molecule has 134 valence electrons. The Morgan fingerprint density at radius 1 is 1.23 bits per heavy atom. The van der Waals surface area contributed by atoms with Gasteiger partial charge in [0.25, 0.3) is 5.91 Å². The highest BCUT2D eigenvalue weighted by Gasteiger charge is 2.27. The van der Waals surface area contributed by atoms with Crippen LogP contribution in [-0.4, -0.2) is 38.7 Å². The van der Waals surface area contributed by atoms with Crippen LogP contribution in [0.4, 0.5) is 0 Å². The normalized spacial score (nSPS) is 17.5. The zero-order valence-electron chi connectivity index (χ0n) is 15.3. The first-order chi connectivity index (χ1) is 12.6. The van der Waals surface area contributed by atoms with Gasteiger partial charge in [0.05, 0.1) is 5.69 Å². The smallest absolute Gasteiger partial charge is 0.271 e. The van der Waals surface area contributed by atoms with E-state index in [2.05, 4.69) is 41.4 Å². The van der Waals surface area contributed by atoms with Crippen LogP contribution < -0.4 is 0 Å². The highest BCUT2D eigenvalue weighted by atomic mass is 16.2. The molecule has 1 aliphatic rings. The number of piperidine rings is 1. The lowest BCUT2D eigenvalue weighted by atomic mass is 9.88. The van der Waals surface area contributed by atoms with E-state index in [0.29, 0.717) is 11.6 Å². The summed E-state index contributed by atoms with van der Waals surface area (Å²) in [7, 11) is 1.98. The lowest BCUT2D eigenvalue weighted by Gasteiger charge is -2.33. The number of rotatable bonds is 3. The Morgan fingerprint density at radius 3 is 2.85 bits per heavy atom. The monoisotopic (exact) mass is 348 g/mol. The summed E-state index contributed by atoms with van der Waals surface area (Å²) in [6.45, 7) is 3.72. The van der Waals surface area contributed by atoms with Crippen molar-refractivity contribution in [3.05, 3.63) is 65.5 Å². The summed E-state index contributed by atoms with van der Waals surface area (Å²) in [4.78, 5) is 14.9. The molecule has 1 amide bonds. The SMILES string of the molecule is Cc1ccccc1C1CCCN(C(=O)c2cc(-c3cccn3C)n[nH]2)C1. The second kappa shape index (κ2) is 6.83. The number of likely N-dealkylation sites (tertiary alicyclic amines) is 1. The number of hydrogen-bond acceptors (Lipinski definition) is 2. The number of H-pyrrole nitrogens is 1. The van der Waals surface area contributed by atoms with E-state index < -0.39 is 0 Å². The molecule has 3 aromatic rings. The van der Waals surface area contributed by atoms with E-state index in [0.717, 1.165) is 37.3 Å². The number of carbonyl (C=O) groups excluding carboxylic acids is 1. The maximum Gasteiger partial charge on any atom is 0.271 e. The fourth-order valence-electron chi connectivity index (χ4n) is 3.92. The minimum Gasteiger partial charge on any atom is -0.349 e. The summed E-state index contributed by atoms with van der Waals surface area (Å²) < 4.78 is 2.00. The van der Waals surface area contributed by atoms with Crippen LogP contribution in [0.5, 0.6) is 0 Å². The van der Waals surface area contributed by atoms with Crippen molar-refractivity contribution in [3.63, 3.8) is 0 Å². The number of benzene rings is 1. The van der Waals surface area contributed by atoms with Crippen LogP contribution in [0.2, 0.25) is 0 Å². The standard InChI is InChI=1S/C21H24N4O/c1-15-7-3-4-9-17(15)16-8-5-12-25(14-16)21(26)19-13-18(22-23-19)20-10-6-11-24(20)2/h3-4,6-7,9-11,13,16H,5,8,12,14H2,1-2H3,(H,22,23). The van der Waals surface area contributed by atoms with Crippen molar-refractivity contribution < 1.29 is 4.79 Å². The van der Waals surface area contributed by atoms with Gasteiger partial charge in [0.15, 0.2) is 0 Å². The van der Waals surface area contributed by atoms with Gasteiger partial charge in [-0.2, -0.15) is 5.10 Å². The van der Waals surface area contributed by atoms with E-state index in [-0.39, 0.29) is 5.91 Å². The highest BCUT2D eigenvalue weighted by Crippen LogP contribution is 2.30. The van der Waals surface area contributed by atoms with Gasteiger partial charge >= 0.3 is 0 Å². The minimum atomic E-state index is 0.0382. The molecule has 1 unspecified atom stereocenters. The maximum absolute atomic E-state index is 13.0. The summed E-state index contributed by atoms with van der Waals surface area (Å²) in [6.07, 6.45) is 4.14.